The average molecular weight is 331 g/mol. The van der Waals surface area contributed by atoms with E-state index in [9.17, 15) is 9.59 Å². The highest BCUT2D eigenvalue weighted by molar-refractivity contribution is 5.95. The van der Waals surface area contributed by atoms with Crippen LogP contribution in [0.5, 0.6) is 0 Å². The number of ether oxygens (including phenoxy) is 1. The van der Waals surface area contributed by atoms with E-state index in [1.54, 1.807) is 42.5 Å². The zero-order valence-electron chi connectivity index (χ0n) is 13.1. The van der Waals surface area contributed by atoms with Crippen LogP contribution < -0.4 is 5.32 Å². The highest BCUT2D eigenvalue weighted by atomic mass is 16.5. The summed E-state index contributed by atoms with van der Waals surface area (Å²) < 4.78 is 4.99. The van der Waals surface area contributed by atoms with E-state index < -0.39 is 18.5 Å². The Labute approximate surface area is 143 Å². The smallest absolute Gasteiger partial charge is 0.357 e. The van der Waals surface area contributed by atoms with Gasteiger partial charge in [0, 0.05) is 11.1 Å². The summed E-state index contributed by atoms with van der Waals surface area (Å²) in [4.78, 5) is 28.1. The van der Waals surface area contributed by atoms with E-state index in [0.29, 0.717) is 16.8 Å². The van der Waals surface area contributed by atoms with E-state index in [4.69, 9.17) is 10.00 Å². The highest BCUT2D eigenvalue weighted by Crippen LogP contribution is 2.12. The van der Waals surface area contributed by atoms with E-state index in [-0.39, 0.29) is 5.69 Å². The first-order chi connectivity index (χ1) is 12.2. The molecule has 6 heteroatoms. The van der Waals surface area contributed by atoms with Crippen LogP contribution in [-0.2, 0) is 9.53 Å². The molecule has 0 aliphatic rings. The summed E-state index contributed by atoms with van der Waals surface area (Å²) in [7, 11) is 0. The summed E-state index contributed by atoms with van der Waals surface area (Å²) in [5, 5.41) is 12.2. The molecular weight excluding hydrogens is 318 g/mol. The number of carbonyl (C=O) groups is 2. The molecule has 0 aliphatic carbocycles. The fourth-order valence-corrected chi connectivity index (χ4v) is 2.21. The first kappa shape index (κ1) is 16.1. The van der Waals surface area contributed by atoms with Crippen LogP contribution in [-0.4, -0.2) is 23.5 Å². The van der Waals surface area contributed by atoms with Gasteiger partial charge in [-0.3, -0.25) is 4.79 Å². The maximum atomic E-state index is 12.0. The molecule has 122 valence electrons. The predicted molar refractivity (Wildman–Crippen MR) is 91.8 cm³/mol. The summed E-state index contributed by atoms with van der Waals surface area (Å²) >= 11 is 0. The second-order valence-electron chi connectivity index (χ2n) is 5.20. The Morgan fingerprint density at radius 2 is 1.80 bits per heavy atom. The number of nitriles is 1. The molecule has 6 nitrogen and oxygen atoms in total. The van der Waals surface area contributed by atoms with Gasteiger partial charge in [0.25, 0.3) is 5.91 Å². The number of nitrogens with zero attached hydrogens (tertiary/aromatic N) is 2. The summed E-state index contributed by atoms with van der Waals surface area (Å²) in [5.74, 6) is -1.14. The standard InChI is InChI=1S/C19H13N3O3/c20-11-13-5-8-15(9-6-13)21-18(23)12-25-19(24)17-10-7-14-3-1-2-4-16(14)22-17/h1-10H,12H2,(H,21,23). The molecule has 0 saturated heterocycles. The number of hydrogen-bond donors (Lipinski definition) is 1. The normalized spacial score (nSPS) is 10.0. The number of pyridine rings is 1. The van der Waals surface area contributed by atoms with Crippen molar-refractivity contribution in [2.45, 2.75) is 0 Å². The number of rotatable bonds is 4. The molecule has 1 aromatic heterocycles. The van der Waals surface area contributed by atoms with Crippen molar-refractivity contribution in [2.75, 3.05) is 11.9 Å². The number of benzene rings is 2. The Morgan fingerprint density at radius 3 is 2.56 bits per heavy atom. The predicted octanol–water partition coefficient (Wildman–Crippen LogP) is 2.90. The summed E-state index contributed by atoms with van der Waals surface area (Å²) in [6.07, 6.45) is 0. The van der Waals surface area contributed by atoms with Gasteiger partial charge < -0.3 is 10.1 Å². The topological polar surface area (TPSA) is 92.1 Å². The van der Waals surface area contributed by atoms with Gasteiger partial charge in [-0.25, -0.2) is 9.78 Å². The Balaban J connectivity index is 1.58. The highest BCUT2D eigenvalue weighted by Gasteiger charge is 2.12. The average Bonchev–Trinajstić information content (AvgIpc) is 2.66. The van der Waals surface area contributed by atoms with Crippen molar-refractivity contribution in [3.63, 3.8) is 0 Å². The number of esters is 1. The molecular formula is C19H13N3O3. The van der Waals surface area contributed by atoms with Crippen LogP contribution in [0.1, 0.15) is 16.1 Å². The molecule has 0 saturated carbocycles. The minimum atomic E-state index is -0.666. The SMILES string of the molecule is N#Cc1ccc(NC(=O)COC(=O)c2ccc3ccccc3n2)cc1. The molecule has 0 unspecified atom stereocenters. The van der Waals surface area contributed by atoms with E-state index in [2.05, 4.69) is 10.3 Å². The van der Waals surface area contributed by atoms with Gasteiger partial charge >= 0.3 is 5.97 Å². The molecule has 0 fully saturated rings. The molecule has 0 atom stereocenters. The zero-order chi connectivity index (χ0) is 17.6. The number of fused-ring (bicyclic) bond motifs is 1. The number of nitrogens with one attached hydrogen (secondary N) is 1. The second kappa shape index (κ2) is 7.23. The molecule has 0 spiro atoms. The second-order valence-corrected chi connectivity index (χ2v) is 5.20. The molecule has 25 heavy (non-hydrogen) atoms. The molecule has 1 heterocycles. The van der Waals surface area contributed by atoms with Gasteiger partial charge in [-0.05, 0) is 36.4 Å². The van der Waals surface area contributed by atoms with Crippen LogP contribution in [0.15, 0.2) is 60.7 Å². The Kier molecular flexibility index (Phi) is 4.67. The van der Waals surface area contributed by atoms with Gasteiger partial charge in [-0.2, -0.15) is 5.26 Å². The molecule has 1 amide bonds. The maximum absolute atomic E-state index is 12.0. The third-order valence-electron chi connectivity index (χ3n) is 3.44. The van der Waals surface area contributed by atoms with Gasteiger partial charge in [0.05, 0.1) is 17.1 Å². The largest absolute Gasteiger partial charge is 0.451 e. The molecule has 3 rings (SSSR count). The first-order valence-electron chi connectivity index (χ1n) is 7.48. The lowest BCUT2D eigenvalue weighted by atomic mass is 10.2. The van der Waals surface area contributed by atoms with E-state index in [0.717, 1.165) is 5.39 Å². The molecule has 1 N–H and O–H groups in total. The molecule has 2 aromatic carbocycles. The van der Waals surface area contributed by atoms with Crippen molar-refractivity contribution in [1.82, 2.24) is 4.98 Å². The van der Waals surface area contributed by atoms with E-state index >= 15 is 0 Å². The lowest BCUT2D eigenvalue weighted by Gasteiger charge is -2.07. The number of para-hydroxylation sites is 1. The number of aromatic nitrogens is 1. The lowest BCUT2D eigenvalue weighted by molar-refractivity contribution is -0.119. The fraction of sp³-hybridized carbons (Fsp3) is 0.0526. The van der Waals surface area contributed by atoms with Crippen LogP contribution in [0, 0.1) is 11.3 Å². The van der Waals surface area contributed by atoms with Gasteiger partial charge in [0.15, 0.2) is 6.61 Å². The van der Waals surface area contributed by atoms with Gasteiger partial charge in [-0.1, -0.05) is 24.3 Å². The quantitative estimate of drug-likeness (QED) is 0.742. The van der Waals surface area contributed by atoms with Crippen LogP contribution in [0.2, 0.25) is 0 Å². The third kappa shape index (κ3) is 3.98. The zero-order valence-corrected chi connectivity index (χ0v) is 13.1. The monoisotopic (exact) mass is 331 g/mol. The first-order valence-corrected chi connectivity index (χ1v) is 7.48. The van der Waals surface area contributed by atoms with Crippen LogP contribution in [0.4, 0.5) is 5.69 Å². The maximum Gasteiger partial charge on any atom is 0.357 e. The van der Waals surface area contributed by atoms with Crippen molar-refractivity contribution in [1.29, 1.82) is 5.26 Å². The van der Waals surface area contributed by atoms with Gasteiger partial charge in [0.1, 0.15) is 5.69 Å². The number of carbonyl (C=O) groups excluding carboxylic acids is 2. The molecule has 0 radical (unpaired) electrons. The van der Waals surface area contributed by atoms with Crippen molar-refractivity contribution in [3.05, 3.63) is 71.9 Å². The Hall–Kier alpha value is -3.72. The van der Waals surface area contributed by atoms with Crippen molar-refractivity contribution < 1.29 is 14.3 Å². The van der Waals surface area contributed by atoms with Crippen molar-refractivity contribution in [3.8, 4) is 6.07 Å². The third-order valence-corrected chi connectivity index (χ3v) is 3.44. The van der Waals surface area contributed by atoms with Gasteiger partial charge in [0.2, 0.25) is 0 Å². The number of hydrogen-bond acceptors (Lipinski definition) is 5. The minimum absolute atomic E-state index is 0.143. The fourth-order valence-electron chi connectivity index (χ4n) is 2.21. The minimum Gasteiger partial charge on any atom is -0.451 e. The van der Waals surface area contributed by atoms with Crippen LogP contribution in [0.3, 0.4) is 0 Å². The Bertz CT molecular complexity index is 975. The lowest BCUT2D eigenvalue weighted by Crippen LogP contribution is -2.21. The number of anilines is 1. The van der Waals surface area contributed by atoms with Crippen LogP contribution >= 0.6 is 0 Å². The summed E-state index contributed by atoms with van der Waals surface area (Å²) in [5.41, 5.74) is 1.83. The van der Waals surface area contributed by atoms with Gasteiger partial charge in [-0.15, -0.1) is 0 Å². The summed E-state index contributed by atoms with van der Waals surface area (Å²) in [6.45, 7) is -0.423. The van der Waals surface area contributed by atoms with Crippen molar-refractivity contribution >= 4 is 28.5 Å². The van der Waals surface area contributed by atoms with Crippen molar-refractivity contribution in [2.24, 2.45) is 0 Å². The van der Waals surface area contributed by atoms with Crippen LogP contribution in [0.25, 0.3) is 10.9 Å². The number of amides is 1. The summed E-state index contributed by atoms with van der Waals surface area (Å²) in [6, 6.07) is 19.1. The van der Waals surface area contributed by atoms with E-state index in [1.807, 2.05) is 24.3 Å². The van der Waals surface area contributed by atoms with E-state index in [1.165, 1.54) is 0 Å². The Morgan fingerprint density at radius 1 is 1.04 bits per heavy atom. The molecule has 0 aliphatic heterocycles. The molecule has 0 bridgehead atoms. The molecule has 3 aromatic rings.